The van der Waals surface area contributed by atoms with Crippen molar-refractivity contribution in [3.8, 4) is 0 Å². The van der Waals surface area contributed by atoms with Gasteiger partial charge in [-0.15, -0.1) is 0 Å². The average Bonchev–Trinajstić information content (AvgIpc) is 2.20. The average molecular weight is 225 g/mol. The summed E-state index contributed by atoms with van der Waals surface area (Å²) >= 11 is 0. The van der Waals surface area contributed by atoms with Gasteiger partial charge in [0.25, 0.3) is 0 Å². The Morgan fingerprint density at radius 1 is 1.44 bits per heavy atom. The molecule has 0 amide bonds. The van der Waals surface area contributed by atoms with Crippen molar-refractivity contribution in [3.63, 3.8) is 0 Å². The predicted octanol–water partition coefficient (Wildman–Crippen LogP) is 2.95. The second-order valence-electron chi connectivity index (χ2n) is 4.83. The summed E-state index contributed by atoms with van der Waals surface area (Å²) in [7, 11) is 0. The van der Waals surface area contributed by atoms with E-state index in [1.165, 1.54) is 6.07 Å². The number of benzene rings is 1. The van der Waals surface area contributed by atoms with Crippen molar-refractivity contribution in [1.82, 2.24) is 0 Å². The van der Waals surface area contributed by atoms with E-state index >= 15 is 0 Å². The lowest BCUT2D eigenvalue weighted by atomic mass is 9.92. The minimum atomic E-state index is -0.762. The Kier molecular flexibility index (Phi) is 3.92. The summed E-state index contributed by atoms with van der Waals surface area (Å²) in [6.45, 7) is 7.91. The topological polar surface area (TPSA) is 32.3 Å². The van der Waals surface area contributed by atoms with Crippen molar-refractivity contribution < 1.29 is 9.50 Å². The Bertz CT molecular complexity index is 361. The van der Waals surface area contributed by atoms with Gasteiger partial charge in [-0.25, -0.2) is 4.39 Å². The van der Waals surface area contributed by atoms with E-state index in [-0.39, 0.29) is 11.7 Å². The lowest BCUT2D eigenvalue weighted by Crippen LogP contribution is -2.38. The van der Waals surface area contributed by atoms with Crippen LogP contribution >= 0.6 is 0 Å². The number of hydrogen-bond donors (Lipinski definition) is 2. The molecule has 0 heterocycles. The van der Waals surface area contributed by atoms with Gasteiger partial charge in [-0.1, -0.05) is 13.8 Å². The molecule has 2 N–H and O–H groups in total. The Morgan fingerprint density at radius 3 is 2.56 bits per heavy atom. The molecule has 1 rings (SSSR count). The fraction of sp³-hybridized carbons (Fsp3) is 0.538. The number of rotatable bonds is 4. The molecular weight excluding hydrogens is 205 g/mol. The third kappa shape index (κ3) is 3.20. The minimum Gasteiger partial charge on any atom is -0.388 e. The summed E-state index contributed by atoms with van der Waals surface area (Å²) in [6, 6.07) is 4.85. The van der Waals surface area contributed by atoms with E-state index in [9.17, 15) is 9.50 Å². The van der Waals surface area contributed by atoms with Crippen LogP contribution in [0.25, 0.3) is 0 Å². The van der Waals surface area contributed by atoms with E-state index in [0.29, 0.717) is 12.1 Å². The monoisotopic (exact) mass is 225 g/mol. The molecule has 0 aromatic heterocycles. The molecule has 0 spiro atoms. The molecule has 3 heteroatoms. The quantitative estimate of drug-likeness (QED) is 0.825. The maximum Gasteiger partial charge on any atom is 0.126 e. The molecule has 1 aromatic rings. The summed E-state index contributed by atoms with van der Waals surface area (Å²) < 4.78 is 13.0. The van der Waals surface area contributed by atoms with E-state index in [1.807, 2.05) is 13.8 Å². The third-order valence-electron chi connectivity index (χ3n) is 3.05. The highest BCUT2D eigenvalue weighted by Crippen LogP contribution is 2.19. The highest BCUT2D eigenvalue weighted by atomic mass is 19.1. The van der Waals surface area contributed by atoms with Crippen LogP contribution in [0.4, 0.5) is 10.1 Å². The molecule has 0 saturated carbocycles. The lowest BCUT2D eigenvalue weighted by Gasteiger charge is -2.28. The molecule has 90 valence electrons. The zero-order valence-electron chi connectivity index (χ0n) is 10.3. The zero-order chi connectivity index (χ0) is 12.3. The molecular formula is C13H20FNO. The number of anilines is 1. The number of aryl methyl sites for hydroxylation is 1. The van der Waals surface area contributed by atoms with Crippen molar-refractivity contribution >= 4 is 5.69 Å². The van der Waals surface area contributed by atoms with Crippen LogP contribution < -0.4 is 5.32 Å². The fourth-order valence-electron chi connectivity index (χ4n) is 1.24. The fourth-order valence-corrected chi connectivity index (χ4v) is 1.24. The molecule has 0 radical (unpaired) electrons. The lowest BCUT2D eigenvalue weighted by molar-refractivity contribution is 0.0266. The molecule has 1 aromatic carbocycles. The first-order valence-electron chi connectivity index (χ1n) is 5.55. The van der Waals surface area contributed by atoms with Gasteiger partial charge < -0.3 is 10.4 Å². The summed E-state index contributed by atoms with van der Waals surface area (Å²) in [4.78, 5) is 0. The molecule has 1 atom stereocenters. The van der Waals surface area contributed by atoms with Gasteiger partial charge in [0.15, 0.2) is 0 Å². The highest BCUT2D eigenvalue weighted by molar-refractivity contribution is 5.46. The van der Waals surface area contributed by atoms with Crippen molar-refractivity contribution in [3.05, 3.63) is 29.6 Å². The maximum absolute atomic E-state index is 13.0. The number of hydrogen-bond acceptors (Lipinski definition) is 2. The van der Waals surface area contributed by atoms with Crippen LogP contribution in [0.3, 0.4) is 0 Å². The first-order chi connectivity index (χ1) is 7.33. The van der Waals surface area contributed by atoms with Crippen molar-refractivity contribution in [2.24, 2.45) is 5.92 Å². The molecule has 16 heavy (non-hydrogen) atoms. The molecule has 0 fully saturated rings. The van der Waals surface area contributed by atoms with E-state index in [2.05, 4.69) is 5.32 Å². The highest BCUT2D eigenvalue weighted by Gasteiger charge is 2.24. The number of nitrogens with one attached hydrogen (secondary N) is 1. The van der Waals surface area contributed by atoms with Crippen LogP contribution in [0.2, 0.25) is 0 Å². The summed E-state index contributed by atoms with van der Waals surface area (Å²) in [5.74, 6) is -0.0392. The predicted molar refractivity (Wildman–Crippen MR) is 65.1 cm³/mol. The van der Waals surface area contributed by atoms with Gasteiger partial charge in [0, 0.05) is 12.2 Å². The first-order valence-corrected chi connectivity index (χ1v) is 5.55. The number of aliphatic hydroxyl groups is 1. The second kappa shape index (κ2) is 4.83. The van der Waals surface area contributed by atoms with Crippen LogP contribution in [-0.2, 0) is 0 Å². The zero-order valence-corrected chi connectivity index (χ0v) is 10.3. The van der Waals surface area contributed by atoms with E-state index in [4.69, 9.17) is 0 Å². The van der Waals surface area contributed by atoms with Gasteiger partial charge in [-0.05, 0) is 43.5 Å². The summed E-state index contributed by atoms with van der Waals surface area (Å²) in [5.41, 5.74) is 0.677. The van der Waals surface area contributed by atoms with Gasteiger partial charge in [0.2, 0.25) is 0 Å². The largest absolute Gasteiger partial charge is 0.388 e. The Hall–Kier alpha value is -1.09. The second-order valence-corrected chi connectivity index (χ2v) is 4.83. The molecule has 2 nitrogen and oxygen atoms in total. The molecule has 0 aliphatic heterocycles. The van der Waals surface area contributed by atoms with Crippen LogP contribution in [-0.4, -0.2) is 17.3 Å². The third-order valence-corrected chi connectivity index (χ3v) is 3.05. The van der Waals surface area contributed by atoms with Crippen LogP contribution in [0.5, 0.6) is 0 Å². The van der Waals surface area contributed by atoms with Crippen LogP contribution in [0, 0.1) is 18.7 Å². The Balaban J connectivity index is 2.65. The Labute approximate surface area is 96.5 Å². The molecule has 1 unspecified atom stereocenters. The maximum atomic E-state index is 13.0. The van der Waals surface area contributed by atoms with Gasteiger partial charge in [0.1, 0.15) is 5.82 Å². The SMILES string of the molecule is Cc1cc(NCC(C)(O)C(C)C)ccc1F. The van der Waals surface area contributed by atoms with Gasteiger partial charge in [-0.2, -0.15) is 0 Å². The first kappa shape index (κ1) is 13.0. The molecule has 0 bridgehead atoms. The molecule has 0 aliphatic rings. The van der Waals surface area contributed by atoms with Crippen molar-refractivity contribution in [2.75, 3.05) is 11.9 Å². The minimum absolute atomic E-state index is 0.168. The standard InChI is InChI=1S/C13H20FNO/c1-9(2)13(4,16)8-15-11-5-6-12(14)10(3)7-11/h5-7,9,15-16H,8H2,1-4H3. The Morgan fingerprint density at radius 2 is 2.06 bits per heavy atom. The van der Waals surface area contributed by atoms with Gasteiger partial charge in [-0.3, -0.25) is 0 Å². The van der Waals surface area contributed by atoms with Crippen molar-refractivity contribution in [1.29, 1.82) is 0 Å². The molecule has 0 saturated heterocycles. The van der Waals surface area contributed by atoms with E-state index in [1.54, 1.807) is 26.0 Å². The normalized spacial score (nSPS) is 14.9. The van der Waals surface area contributed by atoms with Gasteiger partial charge in [0.05, 0.1) is 5.60 Å². The van der Waals surface area contributed by atoms with E-state index in [0.717, 1.165) is 5.69 Å². The van der Waals surface area contributed by atoms with Gasteiger partial charge >= 0.3 is 0 Å². The summed E-state index contributed by atoms with van der Waals surface area (Å²) in [6.07, 6.45) is 0. The summed E-state index contributed by atoms with van der Waals surface area (Å²) in [5, 5.41) is 13.2. The van der Waals surface area contributed by atoms with Crippen molar-refractivity contribution in [2.45, 2.75) is 33.3 Å². The van der Waals surface area contributed by atoms with Crippen LogP contribution in [0.15, 0.2) is 18.2 Å². The molecule has 0 aliphatic carbocycles. The number of halogens is 1. The van der Waals surface area contributed by atoms with Crippen LogP contribution in [0.1, 0.15) is 26.3 Å². The smallest absolute Gasteiger partial charge is 0.126 e. The van der Waals surface area contributed by atoms with E-state index < -0.39 is 5.60 Å².